The maximum atomic E-state index is 13.5. The lowest BCUT2D eigenvalue weighted by atomic mass is 9.98. The summed E-state index contributed by atoms with van der Waals surface area (Å²) in [6.45, 7) is 2.19. The van der Waals surface area contributed by atoms with E-state index in [0.717, 1.165) is 6.07 Å². The number of benzene rings is 1. The first-order valence-electron chi connectivity index (χ1n) is 7.49. The van der Waals surface area contributed by atoms with Gasteiger partial charge < -0.3 is 14.0 Å². The number of hydrogen-bond acceptors (Lipinski definition) is 3. The molecular weight excluding hydrogens is 345 g/mol. The van der Waals surface area contributed by atoms with Gasteiger partial charge in [-0.2, -0.15) is 13.2 Å². The molecule has 1 aliphatic rings. The van der Waals surface area contributed by atoms with E-state index in [-0.39, 0.29) is 29.8 Å². The van der Waals surface area contributed by atoms with E-state index in [4.69, 9.17) is 21.1 Å². The third-order valence-electron chi connectivity index (χ3n) is 3.96. The number of ether oxygens (including phenoxy) is 2. The minimum atomic E-state index is -4.57. The molecule has 0 aliphatic carbocycles. The Morgan fingerprint density at radius 1 is 1.42 bits per heavy atom. The van der Waals surface area contributed by atoms with E-state index < -0.39 is 17.5 Å². The van der Waals surface area contributed by atoms with Crippen molar-refractivity contribution in [3.8, 4) is 0 Å². The summed E-state index contributed by atoms with van der Waals surface area (Å²) in [6, 6.07) is 3.63. The molecule has 0 amide bonds. The van der Waals surface area contributed by atoms with E-state index >= 15 is 0 Å². The van der Waals surface area contributed by atoms with Crippen molar-refractivity contribution < 1.29 is 22.6 Å². The number of halogens is 4. The van der Waals surface area contributed by atoms with E-state index in [0.29, 0.717) is 6.42 Å². The van der Waals surface area contributed by atoms with Gasteiger partial charge in [-0.1, -0.05) is 24.6 Å². The summed E-state index contributed by atoms with van der Waals surface area (Å²) in [5, 5.41) is 0.00824. The Bertz CT molecular complexity index is 706. The van der Waals surface area contributed by atoms with Gasteiger partial charge in [0.2, 0.25) is 5.79 Å². The average molecular weight is 361 g/mol. The summed E-state index contributed by atoms with van der Waals surface area (Å²) >= 11 is 5.78. The Balaban J connectivity index is 2.10. The van der Waals surface area contributed by atoms with Crippen LogP contribution in [0.2, 0.25) is 5.02 Å². The van der Waals surface area contributed by atoms with Crippen LogP contribution < -0.4 is 0 Å². The number of nitrogens with zero attached hydrogens (tertiary/aromatic N) is 2. The van der Waals surface area contributed by atoms with Crippen LogP contribution in [-0.4, -0.2) is 22.3 Å². The zero-order valence-electron chi connectivity index (χ0n) is 12.9. The van der Waals surface area contributed by atoms with Crippen molar-refractivity contribution in [2.75, 3.05) is 6.61 Å². The summed E-state index contributed by atoms with van der Waals surface area (Å²) in [7, 11) is 0. The van der Waals surface area contributed by atoms with Gasteiger partial charge >= 0.3 is 6.18 Å². The molecule has 24 heavy (non-hydrogen) atoms. The molecule has 2 atom stereocenters. The van der Waals surface area contributed by atoms with E-state index in [2.05, 4.69) is 4.98 Å². The van der Waals surface area contributed by atoms with Gasteiger partial charge in [-0.25, -0.2) is 4.98 Å². The summed E-state index contributed by atoms with van der Waals surface area (Å²) < 4.78 is 53.9. The minimum absolute atomic E-state index is 0.00824. The molecule has 0 N–H and O–H groups in total. The lowest BCUT2D eigenvalue weighted by Crippen LogP contribution is -2.35. The van der Waals surface area contributed by atoms with E-state index in [1.165, 1.54) is 18.5 Å². The summed E-state index contributed by atoms with van der Waals surface area (Å²) in [5.74, 6) is -1.53. The highest BCUT2D eigenvalue weighted by molar-refractivity contribution is 6.30. The molecule has 1 saturated heterocycles. The van der Waals surface area contributed by atoms with Gasteiger partial charge in [-0.05, 0) is 18.6 Å². The van der Waals surface area contributed by atoms with Crippen LogP contribution in [0, 0.1) is 0 Å². The first-order valence-corrected chi connectivity index (χ1v) is 7.86. The normalized spacial score (nSPS) is 24.5. The second-order valence-electron chi connectivity index (χ2n) is 5.63. The number of alkyl halides is 3. The molecule has 1 aromatic heterocycles. The molecule has 4 nitrogen and oxygen atoms in total. The van der Waals surface area contributed by atoms with Crippen LogP contribution in [-0.2, 0) is 28.0 Å². The first kappa shape index (κ1) is 17.3. The third kappa shape index (κ3) is 3.29. The largest absolute Gasteiger partial charge is 0.416 e. The van der Waals surface area contributed by atoms with Crippen LogP contribution in [0.25, 0.3) is 0 Å². The Morgan fingerprint density at radius 3 is 2.79 bits per heavy atom. The fourth-order valence-electron chi connectivity index (χ4n) is 2.78. The van der Waals surface area contributed by atoms with E-state index in [1.807, 2.05) is 6.92 Å². The molecular formula is C16H16ClF3N2O2. The van der Waals surface area contributed by atoms with Crippen LogP contribution in [0.4, 0.5) is 13.2 Å². The lowest BCUT2D eigenvalue weighted by molar-refractivity contribution is -0.195. The fraction of sp³-hybridized carbons (Fsp3) is 0.438. The second kappa shape index (κ2) is 6.38. The monoisotopic (exact) mass is 360 g/mol. The molecule has 3 rings (SSSR count). The maximum absolute atomic E-state index is 13.5. The smallest absolute Gasteiger partial charge is 0.342 e. The van der Waals surface area contributed by atoms with Gasteiger partial charge in [0.05, 0.1) is 31.1 Å². The van der Waals surface area contributed by atoms with Gasteiger partial charge in [0.15, 0.2) is 0 Å². The Morgan fingerprint density at radius 2 is 2.21 bits per heavy atom. The third-order valence-corrected chi connectivity index (χ3v) is 4.20. The van der Waals surface area contributed by atoms with Crippen molar-refractivity contribution in [2.45, 2.75) is 38.0 Å². The predicted octanol–water partition coefficient (Wildman–Crippen LogP) is 4.23. The Kier molecular flexibility index (Phi) is 4.59. The molecule has 0 radical (unpaired) electrons. The summed E-state index contributed by atoms with van der Waals surface area (Å²) in [4.78, 5) is 3.92. The van der Waals surface area contributed by atoms with Crippen molar-refractivity contribution in [3.05, 3.63) is 53.1 Å². The van der Waals surface area contributed by atoms with Crippen molar-refractivity contribution in [2.24, 2.45) is 0 Å². The molecule has 130 valence electrons. The molecule has 0 saturated carbocycles. The highest BCUT2D eigenvalue weighted by atomic mass is 35.5. The highest BCUT2D eigenvalue weighted by Gasteiger charge is 2.48. The van der Waals surface area contributed by atoms with Gasteiger partial charge in [0, 0.05) is 23.0 Å². The first-order chi connectivity index (χ1) is 11.3. The van der Waals surface area contributed by atoms with Crippen LogP contribution in [0.1, 0.15) is 24.5 Å². The molecule has 2 unspecified atom stereocenters. The molecule has 1 aliphatic heterocycles. The minimum Gasteiger partial charge on any atom is -0.342 e. The molecule has 0 spiro atoms. The van der Waals surface area contributed by atoms with E-state index in [9.17, 15) is 13.2 Å². The van der Waals surface area contributed by atoms with Crippen molar-refractivity contribution in [1.29, 1.82) is 0 Å². The molecule has 8 heteroatoms. The molecule has 1 aromatic carbocycles. The molecule has 1 fully saturated rings. The topological polar surface area (TPSA) is 36.3 Å². The van der Waals surface area contributed by atoms with Gasteiger partial charge in [0.25, 0.3) is 0 Å². The number of aromatic nitrogens is 2. The van der Waals surface area contributed by atoms with Gasteiger partial charge in [-0.3, -0.25) is 0 Å². The Labute approximate surface area is 142 Å². The average Bonchev–Trinajstić information content (AvgIpc) is 3.17. The zero-order valence-corrected chi connectivity index (χ0v) is 13.6. The van der Waals surface area contributed by atoms with Crippen LogP contribution in [0.3, 0.4) is 0 Å². The van der Waals surface area contributed by atoms with Crippen molar-refractivity contribution >= 4 is 11.6 Å². The lowest BCUT2D eigenvalue weighted by Gasteiger charge is -2.31. The number of hydrogen-bond donors (Lipinski definition) is 0. The predicted molar refractivity (Wildman–Crippen MR) is 81.5 cm³/mol. The molecule has 2 heterocycles. The zero-order chi connectivity index (χ0) is 17.4. The Hall–Kier alpha value is -1.57. The summed E-state index contributed by atoms with van der Waals surface area (Å²) in [5.41, 5.74) is -0.934. The highest BCUT2D eigenvalue weighted by Crippen LogP contribution is 2.44. The van der Waals surface area contributed by atoms with Crippen LogP contribution in [0.5, 0.6) is 0 Å². The maximum Gasteiger partial charge on any atom is 0.416 e. The van der Waals surface area contributed by atoms with Crippen molar-refractivity contribution in [3.63, 3.8) is 0 Å². The van der Waals surface area contributed by atoms with E-state index in [1.54, 1.807) is 17.0 Å². The van der Waals surface area contributed by atoms with Crippen LogP contribution in [0.15, 0.2) is 36.9 Å². The van der Waals surface area contributed by atoms with Crippen molar-refractivity contribution in [1.82, 2.24) is 9.55 Å². The fourth-order valence-corrected chi connectivity index (χ4v) is 2.95. The molecule has 0 bridgehead atoms. The number of rotatable bonds is 4. The second-order valence-corrected chi connectivity index (χ2v) is 6.07. The van der Waals surface area contributed by atoms with Gasteiger partial charge in [-0.15, -0.1) is 0 Å². The summed E-state index contributed by atoms with van der Waals surface area (Å²) in [6.07, 6.45) is 0.505. The quantitative estimate of drug-likeness (QED) is 0.818. The SMILES string of the molecule is CCC1COC(Cn2ccnc2)(c2ccc(Cl)cc2C(F)(F)F)O1. The molecule has 2 aromatic rings. The van der Waals surface area contributed by atoms with Gasteiger partial charge in [0.1, 0.15) is 0 Å². The van der Waals surface area contributed by atoms with Crippen LogP contribution >= 0.6 is 11.6 Å². The standard InChI is InChI=1S/C16H16ClF3N2O2/c1-2-12-8-23-15(24-12,9-22-6-5-21-10-22)13-4-3-11(17)7-14(13)16(18,19)20/h3-7,10,12H,2,8-9H2,1H3. The number of imidazole rings is 1.